The van der Waals surface area contributed by atoms with Crippen LogP contribution in [0.25, 0.3) is 0 Å². The molecule has 1 unspecified atom stereocenters. The van der Waals surface area contributed by atoms with Crippen LogP contribution in [0.3, 0.4) is 0 Å². The van der Waals surface area contributed by atoms with E-state index in [1.807, 2.05) is 27.7 Å². The third-order valence-corrected chi connectivity index (χ3v) is 2.41. The summed E-state index contributed by atoms with van der Waals surface area (Å²) in [7, 11) is 0. The first-order chi connectivity index (χ1) is 7.28. The van der Waals surface area contributed by atoms with Crippen LogP contribution in [-0.4, -0.2) is 35.5 Å². The van der Waals surface area contributed by atoms with E-state index >= 15 is 0 Å². The molecular formula is C12H21NO3. The molecule has 0 aromatic carbocycles. The number of amides is 1. The van der Waals surface area contributed by atoms with E-state index in [-0.39, 0.29) is 18.3 Å². The third-order valence-electron chi connectivity index (χ3n) is 2.41. The van der Waals surface area contributed by atoms with E-state index in [1.165, 1.54) is 0 Å². The van der Waals surface area contributed by atoms with E-state index in [9.17, 15) is 9.59 Å². The number of carbonyl (C=O) groups excluding carboxylic acids is 2. The molecule has 4 nitrogen and oxygen atoms in total. The standard InChI is InChI=1S/C12H21NO3/c1-9-7-10(14)13(8-9)6-5-11(15)16-12(2,3)4/h9H,5-8H2,1-4H3. The van der Waals surface area contributed by atoms with Gasteiger partial charge in [-0.25, -0.2) is 0 Å². The minimum absolute atomic E-state index is 0.149. The average Bonchev–Trinajstić information content (AvgIpc) is 2.38. The average molecular weight is 227 g/mol. The Kier molecular flexibility index (Phi) is 3.94. The van der Waals surface area contributed by atoms with Crippen molar-refractivity contribution in [3.05, 3.63) is 0 Å². The Morgan fingerprint density at radius 2 is 2.12 bits per heavy atom. The lowest BCUT2D eigenvalue weighted by Crippen LogP contribution is -2.30. The predicted octanol–water partition coefficient (Wildman–Crippen LogP) is 1.59. The highest BCUT2D eigenvalue weighted by Gasteiger charge is 2.27. The molecule has 92 valence electrons. The molecule has 0 aromatic heterocycles. The Bertz CT molecular complexity index is 280. The first kappa shape index (κ1) is 13.0. The highest BCUT2D eigenvalue weighted by Crippen LogP contribution is 2.17. The summed E-state index contributed by atoms with van der Waals surface area (Å²) in [4.78, 5) is 24.6. The fourth-order valence-corrected chi connectivity index (χ4v) is 1.80. The lowest BCUT2D eigenvalue weighted by Gasteiger charge is -2.21. The lowest BCUT2D eigenvalue weighted by molar-refractivity contribution is -0.155. The maximum Gasteiger partial charge on any atom is 0.308 e. The minimum Gasteiger partial charge on any atom is -0.460 e. The van der Waals surface area contributed by atoms with Gasteiger partial charge in [0.15, 0.2) is 0 Å². The normalized spacial score (nSPS) is 21.4. The molecule has 1 amide bonds. The van der Waals surface area contributed by atoms with E-state index in [0.717, 1.165) is 6.54 Å². The van der Waals surface area contributed by atoms with Gasteiger partial charge in [-0.3, -0.25) is 9.59 Å². The Morgan fingerprint density at radius 1 is 1.50 bits per heavy atom. The second kappa shape index (κ2) is 4.85. The number of ether oxygens (including phenoxy) is 1. The predicted molar refractivity (Wildman–Crippen MR) is 60.8 cm³/mol. The molecule has 0 radical (unpaired) electrons. The van der Waals surface area contributed by atoms with E-state index in [1.54, 1.807) is 4.90 Å². The molecule has 16 heavy (non-hydrogen) atoms. The summed E-state index contributed by atoms with van der Waals surface area (Å²) < 4.78 is 5.18. The van der Waals surface area contributed by atoms with Gasteiger partial charge in [-0.1, -0.05) is 6.92 Å². The van der Waals surface area contributed by atoms with Crippen LogP contribution in [0.4, 0.5) is 0 Å². The summed E-state index contributed by atoms with van der Waals surface area (Å²) >= 11 is 0. The van der Waals surface area contributed by atoms with Gasteiger partial charge < -0.3 is 9.64 Å². The zero-order chi connectivity index (χ0) is 12.3. The SMILES string of the molecule is CC1CC(=O)N(CCC(=O)OC(C)(C)C)C1. The fraction of sp³-hybridized carbons (Fsp3) is 0.833. The largest absolute Gasteiger partial charge is 0.460 e. The maximum absolute atomic E-state index is 11.5. The van der Waals surface area contributed by atoms with Gasteiger partial charge in [0, 0.05) is 19.5 Å². The molecule has 0 aromatic rings. The monoisotopic (exact) mass is 227 g/mol. The maximum atomic E-state index is 11.5. The zero-order valence-corrected chi connectivity index (χ0v) is 10.6. The van der Waals surface area contributed by atoms with Crippen molar-refractivity contribution in [1.29, 1.82) is 0 Å². The second-order valence-corrected chi connectivity index (χ2v) is 5.49. The van der Waals surface area contributed by atoms with Crippen molar-refractivity contribution in [1.82, 2.24) is 4.90 Å². The molecule has 1 aliphatic rings. The van der Waals surface area contributed by atoms with E-state index < -0.39 is 5.60 Å². The summed E-state index contributed by atoms with van der Waals surface area (Å²) in [6, 6.07) is 0. The second-order valence-electron chi connectivity index (χ2n) is 5.49. The number of hydrogen-bond donors (Lipinski definition) is 0. The van der Waals surface area contributed by atoms with Crippen LogP contribution in [-0.2, 0) is 14.3 Å². The van der Waals surface area contributed by atoms with Crippen molar-refractivity contribution in [2.24, 2.45) is 5.92 Å². The summed E-state index contributed by atoms with van der Waals surface area (Å²) in [5.74, 6) is 0.321. The molecular weight excluding hydrogens is 206 g/mol. The molecule has 1 rings (SSSR count). The summed E-state index contributed by atoms with van der Waals surface area (Å²) in [5.41, 5.74) is -0.445. The Morgan fingerprint density at radius 3 is 2.56 bits per heavy atom. The van der Waals surface area contributed by atoms with Crippen LogP contribution in [0, 0.1) is 5.92 Å². The number of carbonyl (C=O) groups is 2. The van der Waals surface area contributed by atoms with Crippen molar-refractivity contribution >= 4 is 11.9 Å². The molecule has 1 fully saturated rings. The molecule has 0 saturated carbocycles. The van der Waals surface area contributed by atoms with E-state index in [2.05, 4.69) is 0 Å². The Hall–Kier alpha value is -1.06. The summed E-state index contributed by atoms with van der Waals surface area (Å²) in [6.45, 7) is 8.82. The minimum atomic E-state index is -0.445. The van der Waals surface area contributed by atoms with Gasteiger partial charge in [-0.2, -0.15) is 0 Å². The van der Waals surface area contributed by atoms with Gasteiger partial charge in [0.25, 0.3) is 0 Å². The molecule has 1 aliphatic heterocycles. The van der Waals surface area contributed by atoms with Gasteiger partial charge in [0.2, 0.25) is 5.91 Å². The quantitative estimate of drug-likeness (QED) is 0.688. The lowest BCUT2D eigenvalue weighted by atomic mass is 10.2. The van der Waals surface area contributed by atoms with Gasteiger partial charge in [-0.05, 0) is 26.7 Å². The number of likely N-dealkylation sites (tertiary alicyclic amines) is 1. The molecule has 1 heterocycles. The number of nitrogens with zero attached hydrogens (tertiary/aromatic N) is 1. The fourth-order valence-electron chi connectivity index (χ4n) is 1.80. The topological polar surface area (TPSA) is 46.6 Å². The van der Waals surface area contributed by atoms with Crippen molar-refractivity contribution in [3.63, 3.8) is 0 Å². The van der Waals surface area contributed by atoms with Crippen molar-refractivity contribution in [2.75, 3.05) is 13.1 Å². The number of esters is 1. The van der Waals surface area contributed by atoms with Crippen molar-refractivity contribution in [2.45, 2.75) is 46.1 Å². The highest BCUT2D eigenvalue weighted by atomic mass is 16.6. The third kappa shape index (κ3) is 4.21. The van der Waals surface area contributed by atoms with Crippen LogP contribution in [0.1, 0.15) is 40.5 Å². The Labute approximate surface area is 96.9 Å². The van der Waals surface area contributed by atoms with Crippen molar-refractivity contribution in [3.8, 4) is 0 Å². The molecule has 1 atom stereocenters. The molecule has 0 N–H and O–H groups in total. The first-order valence-electron chi connectivity index (χ1n) is 5.77. The van der Waals surface area contributed by atoms with E-state index in [4.69, 9.17) is 4.74 Å². The van der Waals surface area contributed by atoms with Crippen LogP contribution in [0.5, 0.6) is 0 Å². The van der Waals surface area contributed by atoms with Crippen molar-refractivity contribution < 1.29 is 14.3 Å². The summed E-state index contributed by atoms with van der Waals surface area (Å²) in [6.07, 6.45) is 0.893. The van der Waals surface area contributed by atoms with Gasteiger partial charge >= 0.3 is 5.97 Å². The van der Waals surface area contributed by atoms with Gasteiger partial charge in [-0.15, -0.1) is 0 Å². The summed E-state index contributed by atoms with van der Waals surface area (Å²) in [5, 5.41) is 0. The number of hydrogen-bond acceptors (Lipinski definition) is 3. The molecule has 0 aliphatic carbocycles. The van der Waals surface area contributed by atoms with Crippen LogP contribution in [0.2, 0.25) is 0 Å². The zero-order valence-electron chi connectivity index (χ0n) is 10.6. The number of rotatable bonds is 3. The smallest absolute Gasteiger partial charge is 0.308 e. The van der Waals surface area contributed by atoms with Gasteiger partial charge in [0.1, 0.15) is 5.60 Å². The van der Waals surface area contributed by atoms with Crippen LogP contribution < -0.4 is 0 Å². The molecule has 0 spiro atoms. The van der Waals surface area contributed by atoms with Gasteiger partial charge in [0.05, 0.1) is 6.42 Å². The van der Waals surface area contributed by atoms with Crippen LogP contribution in [0.15, 0.2) is 0 Å². The molecule has 0 bridgehead atoms. The molecule has 1 saturated heterocycles. The highest BCUT2D eigenvalue weighted by molar-refractivity contribution is 5.79. The van der Waals surface area contributed by atoms with Crippen LogP contribution >= 0.6 is 0 Å². The first-order valence-corrected chi connectivity index (χ1v) is 5.77. The molecule has 4 heteroatoms. The van der Waals surface area contributed by atoms with E-state index in [0.29, 0.717) is 18.9 Å². The Balaban J connectivity index is 2.30.